The van der Waals surface area contributed by atoms with Crippen LogP contribution in [-0.4, -0.2) is 24.3 Å². The molecule has 0 aliphatic carbocycles. The maximum Gasteiger partial charge on any atom is 0.304 e. The molecule has 1 N–H and O–H groups in total. The summed E-state index contributed by atoms with van der Waals surface area (Å²) in [4.78, 5) is 11.0. The van der Waals surface area contributed by atoms with E-state index >= 15 is 0 Å². The summed E-state index contributed by atoms with van der Waals surface area (Å²) in [5.41, 5.74) is -0.663. The van der Waals surface area contributed by atoms with Gasteiger partial charge in [0.05, 0.1) is 24.1 Å². The Morgan fingerprint density at radius 3 is 2.75 bits per heavy atom. The third kappa shape index (κ3) is 2.90. The summed E-state index contributed by atoms with van der Waals surface area (Å²) >= 11 is 3.15. The molecule has 4 nitrogen and oxygen atoms in total. The lowest BCUT2D eigenvalue weighted by Crippen LogP contribution is -2.24. The number of hydrogen-bond donors (Lipinski definition) is 1. The fourth-order valence-electron chi connectivity index (χ4n) is 2.32. The van der Waals surface area contributed by atoms with Crippen LogP contribution in [0.15, 0.2) is 10.5 Å². The van der Waals surface area contributed by atoms with Crippen molar-refractivity contribution in [2.45, 2.75) is 32.1 Å². The number of carboxylic acid groups (broad SMARTS) is 1. The molecule has 0 bridgehead atoms. The summed E-state index contributed by atoms with van der Waals surface area (Å²) in [5.74, 6) is -0.725. The van der Waals surface area contributed by atoms with Gasteiger partial charge < -0.3 is 14.6 Å². The highest BCUT2D eigenvalue weighted by molar-refractivity contribution is 9.10. The molecule has 0 amide bonds. The number of hydrogen-bond acceptors (Lipinski definition) is 3. The molecular formula is C14H16BrFO4. The molecule has 1 aromatic carbocycles. The lowest BCUT2D eigenvalue weighted by atomic mass is 9.80. The first-order chi connectivity index (χ1) is 9.33. The van der Waals surface area contributed by atoms with E-state index in [0.29, 0.717) is 31.1 Å². The second-order valence-electron chi connectivity index (χ2n) is 5.38. The first-order valence-corrected chi connectivity index (χ1v) is 7.12. The number of fused-ring (bicyclic) bond motifs is 1. The standard InChI is InChI=1S/C14H16BrFO4/c1-14(2,7-10(17)18)11-12(16)8(15)6-9-13(11)20-5-3-4-19-9/h6H,3-5,7H2,1-2H3,(H,17,18). The van der Waals surface area contributed by atoms with Crippen LogP contribution in [0, 0.1) is 5.82 Å². The fourth-order valence-corrected chi connectivity index (χ4v) is 2.73. The maximum atomic E-state index is 14.5. The van der Waals surface area contributed by atoms with Crippen LogP contribution in [0.2, 0.25) is 0 Å². The van der Waals surface area contributed by atoms with Gasteiger partial charge in [-0.25, -0.2) is 4.39 Å². The summed E-state index contributed by atoms with van der Waals surface area (Å²) in [5, 5.41) is 9.02. The van der Waals surface area contributed by atoms with Gasteiger partial charge in [0.15, 0.2) is 11.5 Å². The Kier molecular flexibility index (Phi) is 4.22. The smallest absolute Gasteiger partial charge is 0.304 e. The molecule has 1 aliphatic rings. The summed E-state index contributed by atoms with van der Waals surface area (Å²) in [6.07, 6.45) is 0.503. The highest BCUT2D eigenvalue weighted by Crippen LogP contribution is 2.45. The number of aliphatic carboxylic acids is 1. The Balaban J connectivity index is 2.61. The Morgan fingerprint density at radius 2 is 2.10 bits per heavy atom. The Labute approximate surface area is 125 Å². The molecule has 2 rings (SSSR count). The number of halogens is 2. The molecule has 0 fully saturated rings. The molecule has 0 radical (unpaired) electrons. The molecule has 1 aromatic rings. The van der Waals surface area contributed by atoms with Gasteiger partial charge in [0.2, 0.25) is 0 Å². The minimum atomic E-state index is -0.988. The summed E-state index contributed by atoms with van der Waals surface area (Å²) in [6.45, 7) is 4.27. The first-order valence-electron chi connectivity index (χ1n) is 6.33. The van der Waals surface area contributed by atoms with Crippen molar-refractivity contribution >= 4 is 21.9 Å². The minimum Gasteiger partial charge on any atom is -0.490 e. The first kappa shape index (κ1) is 15.1. The van der Waals surface area contributed by atoms with Crippen LogP contribution in [0.1, 0.15) is 32.3 Å². The molecule has 0 unspecified atom stereocenters. The normalized spacial score (nSPS) is 14.8. The lowest BCUT2D eigenvalue weighted by Gasteiger charge is -2.27. The number of benzene rings is 1. The largest absolute Gasteiger partial charge is 0.490 e. The zero-order valence-corrected chi connectivity index (χ0v) is 12.9. The molecule has 20 heavy (non-hydrogen) atoms. The van der Waals surface area contributed by atoms with Gasteiger partial charge in [-0.1, -0.05) is 13.8 Å². The van der Waals surface area contributed by atoms with E-state index in [9.17, 15) is 9.18 Å². The van der Waals surface area contributed by atoms with Crippen LogP contribution in [0.3, 0.4) is 0 Å². The highest BCUT2D eigenvalue weighted by Gasteiger charge is 2.34. The molecule has 0 atom stereocenters. The van der Waals surface area contributed by atoms with Crippen LogP contribution in [-0.2, 0) is 10.2 Å². The van der Waals surface area contributed by atoms with E-state index in [2.05, 4.69) is 15.9 Å². The van der Waals surface area contributed by atoms with Gasteiger partial charge in [-0.2, -0.15) is 0 Å². The number of rotatable bonds is 3. The van der Waals surface area contributed by atoms with Crippen molar-refractivity contribution in [3.8, 4) is 11.5 Å². The van der Waals surface area contributed by atoms with Crippen LogP contribution in [0.4, 0.5) is 4.39 Å². The molecule has 110 valence electrons. The summed E-state index contributed by atoms with van der Waals surface area (Å²) in [7, 11) is 0. The minimum absolute atomic E-state index is 0.198. The van der Waals surface area contributed by atoms with Gasteiger partial charge in [0.1, 0.15) is 5.82 Å². The van der Waals surface area contributed by atoms with Crippen LogP contribution in [0.25, 0.3) is 0 Å². The van der Waals surface area contributed by atoms with E-state index in [1.54, 1.807) is 13.8 Å². The van der Waals surface area contributed by atoms with Gasteiger partial charge in [0, 0.05) is 23.5 Å². The zero-order valence-electron chi connectivity index (χ0n) is 11.3. The zero-order chi connectivity index (χ0) is 14.9. The number of carbonyl (C=O) groups is 1. The molecule has 6 heteroatoms. The fraction of sp³-hybridized carbons (Fsp3) is 0.500. The van der Waals surface area contributed by atoms with Gasteiger partial charge in [-0.05, 0) is 15.9 Å². The van der Waals surface area contributed by atoms with E-state index in [1.165, 1.54) is 6.07 Å². The van der Waals surface area contributed by atoms with Crippen LogP contribution in [0.5, 0.6) is 11.5 Å². The number of carboxylic acids is 1. The third-order valence-corrected chi connectivity index (χ3v) is 3.78. The molecule has 0 saturated heterocycles. The average molecular weight is 347 g/mol. The second-order valence-corrected chi connectivity index (χ2v) is 6.23. The number of ether oxygens (including phenoxy) is 2. The van der Waals surface area contributed by atoms with E-state index in [4.69, 9.17) is 14.6 Å². The van der Waals surface area contributed by atoms with Crippen molar-refractivity contribution in [1.29, 1.82) is 0 Å². The lowest BCUT2D eigenvalue weighted by molar-refractivity contribution is -0.138. The molecule has 1 aliphatic heterocycles. The SMILES string of the molecule is CC(C)(CC(=O)O)c1c(F)c(Br)cc2c1OCCCO2. The van der Waals surface area contributed by atoms with Crippen molar-refractivity contribution in [3.63, 3.8) is 0 Å². The van der Waals surface area contributed by atoms with E-state index in [-0.39, 0.29) is 16.5 Å². The van der Waals surface area contributed by atoms with Gasteiger partial charge >= 0.3 is 5.97 Å². The van der Waals surface area contributed by atoms with Crippen molar-refractivity contribution in [2.24, 2.45) is 0 Å². The van der Waals surface area contributed by atoms with E-state index < -0.39 is 17.2 Å². The molecule has 0 spiro atoms. The van der Waals surface area contributed by atoms with Crippen molar-refractivity contribution in [3.05, 3.63) is 21.9 Å². The van der Waals surface area contributed by atoms with Crippen molar-refractivity contribution in [1.82, 2.24) is 0 Å². The van der Waals surface area contributed by atoms with E-state index in [0.717, 1.165) is 0 Å². The topological polar surface area (TPSA) is 55.8 Å². The van der Waals surface area contributed by atoms with Crippen LogP contribution >= 0.6 is 15.9 Å². The predicted molar refractivity (Wildman–Crippen MR) is 75.0 cm³/mol. The van der Waals surface area contributed by atoms with E-state index in [1.807, 2.05) is 0 Å². The average Bonchev–Trinajstić information content (AvgIpc) is 2.53. The molecular weight excluding hydrogens is 331 g/mol. The Hall–Kier alpha value is -1.30. The maximum absolute atomic E-state index is 14.5. The predicted octanol–water partition coefficient (Wildman–Crippen LogP) is 3.50. The highest BCUT2D eigenvalue weighted by atomic mass is 79.9. The molecule has 0 saturated carbocycles. The monoisotopic (exact) mass is 346 g/mol. The van der Waals surface area contributed by atoms with Gasteiger partial charge in [0.25, 0.3) is 0 Å². The van der Waals surface area contributed by atoms with Crippen molar-refractivity contribution < 1.29 is 23.8 Å². The quantitative estimate of drug-likeness (QED) is 0.909. The second kappa shape index (κ2) is 5.60. The van der Waals surface area contributed by atoms with Gasteiger partial charge in [-0.15, -0.1) is 0 Å². The summed E-state index contributed by atoms with van der Waals surface area (Å²) < 4.78 is 25.9. The molecule has 1 heterocycles. The van der Waals surface area contributed by atoms with Crippen molar-refractivity contribution in [2.75, 3.05) is 13.2 Å². The molecule has 0 aromatic heterocycles. The summed E-state index contributed by atoms with van der Waals surface area (Å²) in [6, 6.07) is 1.52. The van der Waals surface area contributed by atoms with Crippen LogP contribution < -0.4 is 9.47 Å². The van der Waals surface area contributed by atoms with Gasteiger partial charge in [-0.3, -0.25) is 4.79 Å². The Bertz CT molecular complexity index is 542. The Morgan fingerprint density at radius 1 is 1.45 bits per heavy atom. The third-order valence-electron chi connectivity index (χ3n) is 3.20.